The lowest BCUT2D eigenvalue weighted by Gasteiger charge is -2.25. The first-order valence-electron chi connectivity index (χ1n) is 6.41. The number of hydrogen-bond acceptors (Lipinski definition) is 0. The Hall–Kier alpha value is -0.350. The molecule has 0 aliphatic rings. The van der Waals surface area contributed by atoms with E-state index in [4.69, 9.17) is 0 Å². The van der Waals surface area contributed by atoms with Crippen molar-refractivity contribution in [1.29, 1.82) is 0 Å². The quantitative estimate of drug-likeness (QED) is 0.615. The molecule has 0 bridgehead atoms. The minimum Gasteiger partial charge on any atom is -0.101 e. The Bertz CT molecular complexity index is 269. The Balaban J connectivity index is 2.34. The van der Waals surface area contributed by atoms with Gasteiger partial charge in [0.15, 0.2) is 0 Å². The van der Waals surface area contributed by atoms with Crippen molar-refractivity contribution in [3.63, 3.8) is 0 Å². The number of aryl methyl sites for hydroxylation is 1. The SMILES string of the molecule is CC(C)P(CCCc1ccccc1)C(C)C. The highest BCUT2D eigenvalue weighted by molar-refractivity contribution is 7.59. The van der Waals surface area contributed by atoms with Crippen LogP contribution in [0.1, 0.15) is 39.7 Å². The van der Waals surface area contributed by atoms with Gasteiger partial charge in [0, 0.05) is 0 Å². The molecule has 0 aromatic heterocycles. The molecule has 0 aliphatic carbocycles. The van der Waals surface area contributed by atoms with E-state index in [9.17, 15) is 0 Å². The highest BCUT2D eigenvalue weighted by Gasteiger charge is 2.15. The Labute approximate surface area is 102 Å². The normalized spacial score (nSPS) is 11.7. The zero-order chi connectivity index (χ0) is 12.0. The minimum atomic E-state index is 0.225. The predicted molar refractivity (Wildman–Crippen MR) is 76.8 cm³/mol. The Morgan fingerprint density at radius 3 is 2.00 bits per heavy atom. The summed E-state index contributed by atoms with van der Waals surface area (Å²) in [6, 6.07) is 10.9. The van der Waals surface area contributed by atoms with Crippen LogP contribution in [0, 0.1) is 0 Å². The van der Waals surface area contributed by atoms with E-state index in [1.54, 1.807) is 0 Å². The highest BCUT2D eigenvalue weighted by atomic mass is 31.1. The van der Waals surface area contributed by atoms with E-state index in [1.165, 1.54) is 24.6 Å². The summed E-state index contributed by atoms with van der Waals surface area (Å²) in [6.45, 7) is 9.53. The summed E-state index contributed by atoms with van der Waals surface area (Å²) < 4.78 is 0. The van der Waals surface area contributed by atoms with Crippen molar-refractivity contribution in [2.75, 3.05) is 6.16 Å². The molecule has 16 heavy (non-hydrogen) atoms. The highest BCUT2D eigenvalue weighted by Crippen LogP contribution is 2.46. The molecule has 0 N–H and O–H groups in total. The smallest absolute Gasteiger partial charge is 0.0264 e. The van der Waals surface area contributed by atoms with Crippen LogP contribution in [0.25, 0.3) is 0 Å². The third-order valence-electron chi connectivity index (χ3n) is 3.05. The lowest BCUT2D eigenvalue weighted by Crippen LogP contribution is -2.07. The zero-order valence-corrected chi connectivity index (χ0v) is 12.0. The van der Waals surface area contributed by atoms with Crippen LogP contribution in [-0.4, -0.2) is 17.5 Å². The van der Waals surface area contributed by atoms with Gasteiger partial charge < -0.3 is 0 Å². The lowest BCUT2D eigenvalue weighted by molar-refractivity contribution is 0.900. The van der Waals surface area contributed by atoms with Crippen molar-refractivity contribution >= 4 is 7.92 Å². The van der Waals surface area contributed by atoms with Gasteiger partial charge in [0.25, 0.3) is 0 Å². The fourth-order valence-corrected chi connectivity index (χ4v) is 4.97. The molecule has 1 aromatic carbocycles. The number of rotatable bonds is 6. The lowest BCUT2D eigenvalue weighted by atomic mass is 10.1. The topological polar surface area (TPSA) is 0 Å². The molecule has 1 rings (SSSR count). The van der Waals surface area contributed by atoms with Crippen molar-refractivity contribution in [3.05, 3.63) is 35.9 Å². The molecular weight excluding hydrogens is 211 g/mol. The van der Waals surface area contributed by atoms with Gasteiger partial charge in [-0.3, -0.25) is 0 Å². The number of hydrogen-bond donors (Lipinski definition) is 0. The maximum Gasteiger partial charge on any atom is -0.0264 e. The van der Waals surface area contributed by atoms with Crippen molar-refractivity contribution in [2.24, 2.45) is 0 Å². The van der Waals surface area contributed by atoms with Crippen LogP contribution in [0.15, 0.2) is 30.3 Å². The van der Waals surface area contributed by atoms with Crippen LogP contribution in [0.3, 0.4) is 0 Å². The largest absolute Gasteiger partial charge is 0.101 e. The molecular formula is C15H25P. The summed E-state index contributed by atoms with van der Waals surface area (Å²) in [5.74, 6) is 0. The van der Waals surface area contributed by atoms with E-state index in [1.807, 2.05) is 0 Å². The standard InChI is InChI=1S/C15H25P/c1-13(2)16(14(3)4)12-8-11-15-9-6-5-7-10-15/h5-7,9-10,13-14H,8,11-12H2,1-4H3. The molecule has 0 fully saturated rings. The van der Waals surface area contributed by atoms with E-state index in [2.05, 4.69) is 58.0 Å². The molecule has 90 valence electrons. The first-order chi connectivity index (χ1) is 7.61. The van der Waals surface area contributed by atoms with E-state index in [0.29, 0.717) is 0 Å². The second kappa shape index (κ2) is 7.07. The van der Waals surface area contributed by atoms with Crippen LogP contribution in [0.5, 0.6) is 0 Å². The van der Waals surface area contributed by atoms with Gasteiger partial charge in [-0.15, -0.1) is 7.92 Å². The van der Waals surface area contributed by atoms with Crippen LogP contribution in [-0.2, 0) is 6.42 Å². The van der Waals surface area contributed by atoms with Crippen LogP contribution >= 0.6 is 7.92 Å². The first-order valence-corrected chi connectivity index (χ1v) is 8.07. The Kier molecular flexibility index (Phi) is 6.06. The molecule has 0 nitrogen and oxygen atoms in total. The molecule has 0 amide bonds. The third-order valence-corrected chi connectivity index (χ3v) is 6.54. The van der Waals surface area contributed by atoms with Gasteiger partial charge in [0.05, 0.1) is 0 Å². The van der Waals surface area contributed by atoms with Crippen molar-refractivity contribution < 1.29 is 0 Å². The van der Waals surface area contributed by atoms with Gasteiger partial charge >= 0.3 is 0 Å². The average molecular weight is 236 g/mol. The molecule has 0 saturated heterocycles. The Morgan fingerprint density at radius 2 is 1.50 bits per heavy atom. The van der Waals surface area contributed by atoms with Crippen molar-refractivity contribution in [2.45, 2.75) is 51.9 Å². The van der Waals surface area contributed by atoms with Crippen molar-refractivity contribution in [1.82, 2.24) is 0 Å². The zero-order valence-electron chi connectivity index (χ0n) is 11.1. The van der Waals surface area contributed by atoms with Crippen LogP contribution < -0.4 is 0 Å². The average Bonchev–Trinajstić information content (AvgIpc) is 2.24. The van der Waals surface area contributed by atoms with Crippen LogP contribution in [0.4, 0.5) is 0 Å². The molecule has 0 unspecified atom stereocenters. The van der Waals surface area contributed by atoms with Gasteiger partial charge in [-0.25, -0.2) is 0 Å². The Morgan fingerprint density at radius 1 is 0.938 bits per heavy atom. The van der Waals surface area contributed by atoms with Gasteiger partial charge in [-0.2, -0.15) is 0 Å². The summed E-state index contributed by atoms with van der Waals surface area (Å²) in [6.07, 6.45) is 4.03. The molecule has 0 spiro atoms. The molecule has 0 saturated carbocycles. The van der Waals surface area contributed by atoms with Gasteiger partial charge in [0.2, 0.25) is 0 Å². The van der Waals surface area contributed by atoms with Gasteiger partial charge in [-0.1, -0.05) is 58.0 Å². The molecule has 1 aromatic rings. The second-order valence-corrected chi connectivity index (χ2v) is 8.56. The van der Waals surface area contributed by atoms with Crippen LogP contribution in [0.2, 0.25) is 0 Å². The fourth-order valence-electron chi connectivity index (χ4n) is 2.22. The monoisotopic (exact) mass is 236 g/mol. The summed E-state index contributed by atoms with van der Waals surface area (Å²) in [4.78, 5) is 0. The summed E-state index contributed by atoms with van der Waals surface area (Å²) in [5.41, 5.74) is 3.25. The molecule has 0 aliphatic heterocycles. The summed E-state index contributed by atoms with van der Waals surface area (Å²) in [7, 11) is 0.225. The molecule has 0 radical (unpaired) electrons. The molecule has 1 heteroatoms. The fraction of sp³-hybridized carbons (Fsp3) is 0.600. The maximum atomic E-state index is 2.38. The van der Waals surface area contributed by atoms with Gasteiger partial charge in [-0.05, 0) is 35.9 Å². The molecule has 0 atom stereocenters. The van der Waals surface area contributed by atoms with E-state index in [0.717, 1.165) is 11.3 Å². The first kappa shape index (κ1) is 13.7. The summed E-state index contributed by atoms with van der Waals surface area (Å²) in [5, 5.41) is 0. The van der Waals surface area contributed by atoms with E-state index < -0.39 is 0 Å². The van der Waals surface area contributed by atoms with E-state index >= 15 is 0 Å². The summed E-state index contributed by atoms with van der Waals surface area (Å²) >= 11 is 0. The number of benzene rings is 1. The van der Waals surface area contributed by atoms with Crippen molar-refractivity contribution in [3.8, 4) is 0 Å². The second-order valence-electron chi connectivity index (χ2n) is 5.01. The van der Waals surface area contributed by atoms with E-state index in [-0.39, 0.29) is 7.92 Å². The molecule has 0 heterocycles. The maximum absolute atomic E-state index is 2.38. The third kappa shape index (κ3) is 4.66. The van der Waals surface area contributed by atoms with Gasteiger partial charge in [0.1, 0.15) is 0 Å². The minimum absolute atomic E-state index is 0.225. The predicted octanol–water partition coefficient (Wildman–Crippen LogP) is 4.92.